The molecule has 1 fully saturated rings. The Morgan fingerprint density at radius 2 is 2.13 bits per heavy atom. The van der Waals surface area contributed by atoms with Gasteiger partial charge in [0.2, 0.25) is 5.91 Å². The minimum atomic E-state index is -0.965. The maximum Gasteiger partial charge on any atom is 0.241 e. The summed E-state index contributed by atoms with van der Waals surface area (Å²) < 4.78 is 26.3. The van der Waals surface area contributed by atoms with Crippen molar-refractivity contribution in [2.75, 3.05) is 24.5 Å². The number of carbonyl (C=O) groups excluding carboxylic acids is 1. The second kappa shape index (κ2) is 3.94. The summed E-state index contributed by atoms with van der Waals surface area (Å²) in [5.74, 6) is -2.14. The molecule has 0 saturated carbocycles. The van der Waals surface area contributed by atoms with Crippen LogP contribution >= 0.6 is 0 Å². The summed E-state index contributed by atoms with van der Waals surface area (Å²) in [6.45, 7) is 1.11. The third kappa shape index (κ3) is 1.83. The molecule has 1 saturated heterocycles. The molecule has 1 amide bonds. The Hall–Kier alpha value is -1.49. The average Bonchev–Trinajstić information content (AvgIpc) is 2.23. The van der Waals surface area contributed by atoms with Gasteiger partial charge in [-0.25, -0.2) is 8.78 Å². The van der Waals surface area contributed by atoms with E-state index in [9.17, 15) is 13.6 Å². The highest BCUT2D eigenvalue weighted by molar-refractivity contribution is 5.95. The first-order valence-corrected chi connectivity index (χ1v) is 4.65. The van der Waals surface area contributed by atoms with Crippen molar-refractivity contribution in [2.24, 2.45) is 0 Å². The predicted octanol–water partition coefficient (Wildman–Crippen LogP) is 0.901. The van der Waals surface area contributed by atoms with Gasteiger partial charge in [-0.05, 0) is 12.1 Å². The Bertz CT molecular complexity index is 395. The number of hydrogen-bond donors (Lipinski definition) is 1. The van der Waals surface area contributed by atoms with Crippen LogP contribution < -0.4 is 10.2 Å². The maximum atomic E-state index is 13.4. The minimum absolute atomic E-state index is 0.0153. The minimum Gasteiger partial charge on any atom is -0.307 e. The molecular formula is C10H10F2N2O. The van der Waals surface area contributed by atoms with E-state index in [-0.39, 0.29) is 18.1 Å². The Balaban J connectivity index is 2.35. The molecule has 2 rings (SSSR count). The van der Waals surface area contributed by atoms with Crippen molar-refractivity contribution in [1.82, 2.24) is 5.32 Å². The first-order valence-electron chi connectivity index (χ1n) is 4.65. The molecule has 1 aliphatic rings. The van der Waals surface area contributed by atoms with E-state index in [1.54, 1.807) is 0 Å². The van der Waals surface area contributed by atoms with Crippen molar-refractivity contribution in [3.05, 3.63) is 29.8 Å². The number of halogens is 2. The van der Waals surface area contributed by atoms with E-state index in [1.165, 1.54) is 17.0 Å². The number of nitrogens with zero attached hydrogens (tertiary/aromatic N) is 1. The highest BCUT2D eigenvalue weighted by atomic mass is 19.2. The van der Waals surface area contributed by atoms with Crippen molar-refractivity contribution in [1.29, 1.82) is 0 Å². The Labute approximate surface area is 85.7 Å². The van der Waals surface area contributed by atoms with Gasteiger partial charge in [0.25, 0.3) is 0 Å². The van der Waals surface area contributed by atoms with Crippen molar-refractivity contribution in [3.63, 3.8) is 0 Å². The van der Waals surface area contributed by atoms with Crippen LogP contribution in [-0.2, 0) is 4.79 Å². The zero-order valence-corrected chi connectivity index (χ0v) is 7.96. The van der Waals surface area contributed by atoms with Gasteiger partial charge in [0.15, 0.2) is 11.6 Å². The topological polar surface area (TPSA) is 32.3 Å². The van der Waals surface area contributed by atoms with Gasteiger partial charge in [-0.3, -0.25) is 4.79 Å². The number of anilines is 1. The standard InChI is InChI=1S/C10H10F2N2O/c11-7-2-1-3-8(10(7)12)14-5-4-13-6-9(14)15/h1-3,13H,4-6H2. The van der Waals surface area contributed by atoms with E-state index >= 15 is 0 Å². The van der Waals surface area contributed by atoms with Crippen LogP contribution in [0.25, 0.3) is 0 Å². The maximum absolute atomic E-state index is 13.4. The van der Waals surface area contributed by atoms with Crippen molar-refractivity contribution in [3.8, 4) is 0 Å². The van der Waals surface area contributed by atoms with Crippen LogP contribution in [0.5, 0.6) is 0 Å². The van der Waals surface area contributed by atoms with Gasteiger partial charge in [-0.1, -0.05) is 6.07 Å². The van der Waals surface area contributed by atoms with Gasteiger partial charge < -0.3 is 10.2 Å². The highest BCUT2D eigenvalue weighted by Gasteiger charge is 2.23. The molecule has 1 heterocycles. The number of hydrogen-bond acceptors (Lipinski definition) is 2. The summed E-state index contributed by atoms with van der Waals surface area (Å²) in [6.07, 6.45) is 0. The SMILES string of the molecule is O=C1CNCCN1c1cccc(F)c1F. The van der Waals surface area contributed by atoms with Crippen LogP contribution in [-0.4, -0.2) is 25.5 Å². The number of piperazine rings is 1. The molecule has 1 aromatic carbocycles. The largest absolute Gasteiger partial charge is 0.307 e. The van der Waals surface area contributed by atoms with Crippen LogP contribution in [0.15, 0.2) is 18.2 Å². The second-order valence-corrected chi connectivity index (χ2v) is 3.30. The Morgan fingerprint density at radius 1 is 1.33 bits per heavy atom. The first-order chi connectivity index (χ1) is 7.20. The molecule has 0 unspecified atom stereocenters. The molecule has 15 heavy (non-hydrogen) atoms. The van der Waals surface area contributed by atoms with Crippen LogP contribution in [0, 0.1) is 11.6 Å². The van der Waals surface area contributed by atoms with Gasteiger partial charge in [0.05, 0.1) is 12.2 Å². The van der Waals surface area contributed by atoms with Crippen LogP contribution in [0.4, 0.5) is 14.5 Å². The molecule has 0 spiro atoms. The number of nitrogens with one attached hydrogen (secondary N) is 1. The van der Waals surface area contributed by atoms with Gasteiger partial charge >= 0.3 is 0 Å². The lowest BCUT2D eigenvalue weighted by Gasteiger charge is -2.27. The molecular weight excluding hydrogens is 202 g/mol. The number of rotatable bonds is 1. The number of amides is 1. The fraction of sp³-hybridized carbons (Fsp3) is 0.300. The fourth-order valence-corrected chi connectivity index (χ4v) is 1.56. The normalized spacial score (nSPS) is 16.9. The molecule has 80 valence electrons. The first kappa shape index (κ1) is 10.0. The third-order valence-corrected chi connectivity index (χ3v) is 2.31. The molecule has 0 atom stereocenters. The van der Waals surface area contributed by atoms with E-state index in [2.05, 4.69) is 5.32 Å². The fourth-order valence-electron chi connectivity index (χ4n) is 1.56. The molecule has 3 nitrogen and oxygen atoms in total. The predicted molar refractivity (Wildman–Crippen MR) is 51.6 cm³/mol. The van der Waals surface area contributed by atoms with E-state index in [0.29, 0.717) is 13.1 Å². The monoisotopic (exact) mass is 212 g/mol. The van der Waals surface area contributed by atoms with Crippen molar-refractivity contribution < 1.29 is 13.6 Å². The molecule has 0 aliphatic carbocycles. The quantitative estimate of drug-likeness (QED) is 0.750. The molecule has 0 radical (unpaired) electrons. The molecule has 5 heteroatoms. The zero-order chi connectivity index (χ0) is 10.8. The lowest BCUT2D eigenvalue weighted by Crippen LogP contribution is -2.48. The summed E-state index contributed by atoms with van der Waals surface area (Å²) in [4.78, 5) is 12.7. The molecule has 1 aliphatic heterocycles. The molecule has 0 bridgehead atoms. The van der Waals surface area contributed by atoms with Gasteiger partial charge in [-0.2, -0.15) is 0 Å². The van der Waals surface area contributed by atoms with E-state index < -0.39 is 11.6 Å². The van der Waals surface area contributed by atoms with Gasteiger partial charge in [0.1, 0.15) is 0 Å². The van der Waals surface area contributed by atoms with E-state index in [4.69, 9.17) is 0 Å². The summed E-state index contributed by atoms with van der Waals surface area (Å²) in [7, 11) is 0. The van der Waals surface area contributed by atoms with Gasteiger partial charge in [-0.15, -0.1) is 0 Å². The Kier molecular flexibility index (Phi) is 2.64. The van der Waals surface area contributed by atoms with E-state index in [1.807, 2.05) is 0 Å². The number of benzene rings is 1. The average molecular weight is 212 g/mol. The summed E-state index contributed by atoms with van der Waals surface area (Å²) >= 11 is 0. The summed E-state index contributed by atoms with van der Waals surface area (Å²) in [6, 6.07) is 3.83. The van der Waals surface area contributed by atoms with Crippen LogP contribution in [0.2, 0.25) is 0 Å². The molecule has 1 N–H and O–H groups in total. The van der Waals surface area contributed by atoms with Crippen LogP contribution in [0.3, 0.4) is 0 Å². The second-order valence-electron chi connectivity index (χ2n) is 3.30. The van der Waals surface area contributed by atoms with Gasteiger partial charge in [0, 0.05) is 13.1 Å². The molecule has 1 aromatic rings. The highest BCUT2D eigenvalue weighted by Crippen LogP contribution is 2.21. The summed E-state index contributed by atoms with van der Waals surface area (Å²) in [5, 5.41) is 2.86. The lowest BCUT2D eigenvalue weighted by atomic mass is 10.2. The molecule has 0 aromatic heterocycles. The Morgan fingerprint density at radius 3 is 2.87 bits per heavy atom. The third-order valence-electron chi connectivity index (χ3n) is 2.31. The smallest absolute Gasteiger partial charge is 0.241 e. The van der Waals surface area contributed by atoms with Crippen molar-refractivity contribution in [2.45, 2.75) is 0 Å². The number of carbonyl (C=O) groups is 1. The van der Waals surface area contributed by atoms with Crippen LogP contribution in [0.1, 0.15) is 0 Å². The van der Waals surface area contributed by atoms with Crippen molar-refractivity contribution >= 4 is 11.6 Å². The lowest BCUT2D eigenvalue weighted by molar-refractivity contribution is -0.118. The van der Waals surface area contributed by atoms with E-state index in [0.717, 1.165) is 6.07 Å². The summed E-state index contributed by atoms with van der Waals surface area (Å²) in [5.41, 5.74) is 0.0153. The zero-order valence-electron chi connectivity index (χ0n) is 7.96.